The Labute approximate surface area is 125 Å². The van der Waals surface area contributed by atoms with Crippen LogP contribution in [0.25, 0.3) is 0 Å². The molecule has 118 valence electrons. The van der Waals surface area contributed by atoms with Gasteiger partial charge in [0.2, 0.25) is 10.0 Å². The van der Waals surface area contributed by atoms with Crippen molar-refractivity contribution < 1.29 is 13.2 Å². The highest BCUT2D eigenvalue weighted by Gasteiger charge is 2.26. The second-order valence-corrected chi connectivity index (χ2v) is 7.76. The van der Waals surface area contributed by atoms with Gasteiger partial charge in [-0.25, -0.2) is 13.1 Å². The third-order valence-corrected chi connectivity index (χ3v) is 5.66. The lowest BCUT2D eigenvalue weighted by molar-refractivity contribution is 0.107. The van der Waals surface area contributed by atoms with E-state index in [4.69, 9.17) is 4.74 Å². The van der Waals surface area contributed by atoms with Crippen LogP contribution in [0.1, 0.15) is 31.9 Å². The maximum absolute atomic E-state index is 12.3. The maximum Gasteiger partial charge on any atom is 0.242 e. The van der Waals surface area contributed by atoms with Gasteiger partial charge in [0.05, 0.1) is 11.0 Å². The molecule has 0 spiro atoms. The van der Waals surface area contributed by atoms with Crippen LogP contribution in [-0.4, -0.2) is 38.7 Å². The minimum atomic E-state index is -3.44. The molecule has 1 aliphatic heterocycles. The highest BCUT2D eigenvalue weighted by molar-refractivity contribution is 7.89. The van der Waals surface area contributed by atoms with Gasteiger partial charge in [-0.3, -0.25) is 0 Å². The van der Waals surface area contributed by atoms with Gasteiger partial charge in [-0.2, -0.15) is 0 Å². The smallest absolute Gasteiger partial charge is 0.242 e. The normalized spacial score (nSPS) is 26.3. The van der Waals surface area contributed by atoms with Gasteiger partial charge in [0.15, 0.2) is 0 Å². The van der Waals surface area contributed by atoms with E-state index in [1.165, 1.54) is 12.8 Å². The van der Waals surface area contributed by atoms with Crippen molar-refractivity contribution >= 4 is 10.0 Å². The maximum atomic E-state index is 12.3. The van der Waals surface area contributed by atoms with E-state index in [1.54, 1.807) is 12.3 Å². The highest BCUT2D eigenvalue weighted by Crippen LogP contribution is 2.21. The van der Waals surface area contributed by atoms with E-state index in [0.29, 0.717) is 30.6 Å². The standard InChI is InChI=1S/C14H23N3O3S/c1-10-11(4-5-20-10)7-17-21(18,19)14-6-13(16-9-14)8-15-12-2-3-12/h6,9-12,15-17H,2-5,7-8H2,1H3. The molecular formula is C14H23N3O3S. The molecule has 1 saturated carbocycles. The van der Waals surface area contributed by atoms with E-state index in [9.17, 15) is 8.42 Å². The first-order valence-corrected chi connectivity index (χ1v) is 9.05. The van der Waals surface area contributed by atoms with Gasteiger partial charge in [0.25, 0.3) is 0 Å². The van der Waals surface area contributed by atoms with E-state index in [2.05, 4.69) is 15.0 Å². The summed E-state index contributed by atoms with van der Waals surface area (Å²) in [6.07, 6.45) is 5.02. The van der Waals surface area contributed by atoms with Gasteiger partial charge in [-0.1, -0.05) is 0 Å². The van der Waals surface area contributed by atoms with E-state index < -0.39 is 10.0 Å². The molecule has 2 aliphatic rings. The number of aromatic nitrogens is 1. The first-order chi connectivity index (χ1) is 10.0. The highest BCUT2D eigenvalue weighted by atomic mass is 32.2. The monoisotopic (exact) mass is 313 g/mol. The molecule has 7 heteroatoms. The lowest BCUT2D eigenvalue weighted by Gasteiger charge is -2.14. The Hall–Kier alpha value is -0.890. The van der Waals surface area contributed by atoms with Crippen molar-refractivity contribution in [3.63, 3.8) is 0 Å². The van der Waals surface area contributed by atoms with E-state index >= 15 is 0 Å². The fourth-order valence-corrected chi connectivity index (χ4v) is 3.67. The molecule has 0 aromatic carbocycles. The molecule has 21 heavy (non-hydrogen) atoms. The van der Waals surface area contributed by atoms with Gasteiger partial charge < -0.3 is 15.0 Å². The van der Waals surface area contributed by atoms with Crippen molar-refractivity contribution in [2.24, 2.45) is 5.92 Å². The fourth-order valence-electron chi connectivity index (χ4n) is 2.56. The van der Waals surface area contributed by atoms with Crippen LogP contribution in [0.5, 0.6) is 0 Å². The number of aromatic amines is 1. The van der Waals surface area contributed by atoms with E-state index in [-0.39, 0.29) is 12.0 Å². The molecule has 0 amide bonds. The van der Waals surface area contributed by atoms with Crippen LogP contribution >= 0.6 is 0 Å². The molecule has 1 aliphatic carbocycles. The molecule has 2 heterocycles. The van der Waals surface area contributed by atoms with Crippen molar-refractivity contribution in [2.45, 2.75) is 49.8 Å². The lowest BCUT2D eigenvalue weighted by atomic mass is 10.0. The van der Waals surface area contributed by atoms with Crippen molar-refractivity contribution in [1.82, 2.24) is 15.0 Å². The number of nitrogens with one attached hydrogen (secondary N) is 3. The molecule has 3 rings (SSSR count). The Morgan fingerprint density at radius 3 is 2.86 bits per heavy atom. The molecule has 3 N–H and O–H groups in total. The van der Waals surface area contributed by atoms with Crippen LogP contribution in [0.2, 0.25) is 0 Å². The minimum absolute atomic E-state index is 0.122. The average molecular weight is 313 g/mol. The van der Waals surface area contributed by atoms with Crippen molar-refractivity contribution in [3.05, 3.63) is 18.0 Å². The predicted octanol–water partition coefficient (Wildman–Crippen LogP) is 0.970. The van der Waals surface area contributed by atoms with Gasteiger partial charge in [-0.15, -0.1) is 0 Å². The van der Waals surface area contributed by atoms with Gasteiger partial charge in [0, 0.05) is 43.5 Å². The van der Waals surface area contributed by atoms with Gasteiger partial charge in [-0.05, 0) is 32.3 Å². The summed E-state index contributed by atoms with van der Waals surface area (Å²) in [5.41, 5.74) is 0.903. The van der Waals surface area contributed by atoms with Crippen LogP contribution < -0.4 is 10.0 Å². The third kappa shape index (κ3) is 3.85. The van der Waals surface area contributed by atoms with E-state index in [1.807, 2.05) is 6.92 Å². The zero-order valence-corrected chi connectivity index (χ0v) is 13.1. The Morgan fingerprint density at radius 1 is 1.38 bits per heavy atom. The summed E-state index contributed by atoms with van der Waals surface area (Å²) in [5, 5.41) is 3.36. The minimum Gasteiger partial charge on any atom is -0.378 e. The Morgan fingerprint density at radius 2 is 2.19 bits per heavy atom. The Balaban J connectivity index is 1.55. The number of hydrogen-bond donors (Lipinski definition) is 3. The fraction of sp³-hybridized carbons (Fsp3) is 0.714. The summed E-state index contributed by atoms with van der Waals surface area (Å²) in [4.78, 5) is 3.33. The molecular weight excluding hydrogens is 290 g/mol. The Kier molecular flexibility index (Phi) is 4.35. The number of rotatable bonds is 7. The van der Waals surface area contributed by atoms with Crippen molar-refractivity contribution in [3.8, 4) is 0 Å². The van der Waals surface area contributed by atoms with Crippen LogP contribution in [0.3, 0.4) is 0 Å². The summed E-state index contributed by atoms with van der Waals surface area (Å²) in [6, 6.07) is 2.31. The van der Waals surface area contributed by atoms with Crippen LogP contribution in [0, 0.1) is 5.92 Å². The molecule has 1 aromatic heterocycles. The zero-order valence-electron chi connectivity index (χ0n) is 12.3. The molecule has 1 saturated heterocycles. The average Bonchev–Trinajstić information content (AvgIpc) is 2.98. The lowest BCUT2D eigenvalue weighted by Crippen LogP contribution is -2.31. The number of H-pyrrole nitrogens is 1. The van der Waals surface area contributed by atoms with Gasteiger partial charge >= 0.3 is 0 Å². The van der Waals surface area contributed by atoms with Crippen LogP contribution in [-0.2, 0) is 21.3 Å². The first kappa shape index (κ1) is 15.0. The molecule has 2 atom stereocenters. The molecule has 0 bridgehead atoms. The van der Waals surface area contributed by atoms with Crippen LogP contribution in [0.15, 0.2) is 17.2 Å². The summed E-state index contributed by atoms with van der Waals surface area (Å²) < 4.78 is 32.7. The number of sulfonamides is 1. The number of hydrogen-bond acceptors (Lipinski definition) is 4. The molecule has 6 nitrogen and oxygen atoms in total. The summed E-state index contributed by atoms with van der Waals surface area (Å²) in [7, 11) is -3.44. The van der Waals surface area contributed by atoms with Crippen LogP contribution in [0.4, 0.5) is 0 Å². The second-order valence-electron chi connectivity index (χ2n) is 5.99. The van der Waals surface area contributed by atoms with Gasteiger partial charge in [0.1, 0.15) is 0 Å². The second kappa shape index (κ2) is 6.08. The topological polar surface area (TPSA) is 83.2 Å². The van der Waals surface area contributed by atoms with Crippen molar-refractivity contribution in [1.29, 1.82) is 0 Å². The Bertz CT molecular complexity index is 580. The third-order valence-electron chi connectivity index (χ3n) is 4.25. The largest absolute Gasteiger partial charge is 0.378 e. The zero-order chi connectivity index (χ0) is 14.9. The predicted molar refractivity (Wildman–Crippen MR) is 79.4 cm³/mol. The summed E-state index contributed by atoms with van der Waals surface area (Å²) in [5.74, 6) is 0.259. The molecule has 0 radical (unpaired) electrons. The summed E-state index contributed by atoms with van der Waals surface area (Å²) >= 11 is 0. The summed E-state index contributed by atoms with van der Waals surface area (Å²) in [6.45, 7) is 3.83. The SMILES string of the molecule is CC1OCCC1CNS(=O)(=O)c1c[nH]c(CNC2CC2)c1. The first-order valence-electron chi connectivity index (χ1n) is 7.56. The molecule has 1 aromatic rings. The van der Waals surface area contributed by atoms with E-state index in [0.717, 1.165) is 12.1 Å². The molecule has 2 fully saturated rings. The van der Waals surface area contributed by atoms with Crippen molar-refractivity contribution in [2.75, 3.05) is 13.2 Å². The molecule has 2 unspecified atom stereocenters. The number of ether oxygens (including phenoxy) is 1. The quantitative estimate of drug-likeness (QED) is 0.700.